The highest BCUT2D eigenvalue weighted by molar-refractivity contribution is 14.1. The molecular formula is C10H26I2. The molecule has 0 rings (SSSR count). The number of hydrogen-bond donors (Lipinski definition) is 0. The van der Waals surface area contributed by atoms with Gasteiger partial charge in [0.1, 0.15) is 0 Å². The minimum absolute atomic E-state index is 0. The Morgan fingerprint density at radius 3 is 1.25 bits per heavy atom. The zero-order valence-corrected chi connectivity index (χ0v) is 12.5. The topological polar surface area (TPSA) is 0 Å². The van der Waals surface area contributed by atoms with E-state index in [9.17, 15) is 0 Å². The third-order valence-electron chi connectivity index (χ3n) is 1.21. The van der Waals surface area contributed by atoms with Crippen molar-refractivity contribution in [2.75, 3.05) is 4.43 Å². The van der Waals surface area contributed by atoms with Crippen LogP contribution in [0, 0.1) is 0 Å². The fraction of sp³-hybridized carbons (Fsp3) is 1.00. The predicted octanol–water partition coefficient (Wildman–Crippen LogP) is 5.67. The fourth-order valence-corrected chi connectivity index (χ4v) is 0.677. The molecule has 0 aromatic heterocycles. The molecule has 0 radical (unpaired) electrons. The molecule has 0 saturated carbocycles. The van der Waals surface area contributed by atoms with Crippen LogP contribution in [0.2, 0.25) is 0 Å². The third-order valence-corrected chi connectivity index (χ3v) is 1.21. The molecule has 0 aliphatic carbocycles. The Hall–Kier alpha value is 1.46. The van der Waals surface area contributed by atoms with Crippen molar-refractivity contribution in [2.24, 2.45) is 0 Å². The average molecular weight is 400 g/mol. The van der Waals surface area contributed by atoms with Gasteiger partial charge in [-0.05, 0) is 4.43 Å². The minimum Gasteiger partial charge on any atom is -0.107 e. The lowest BCUT2D eigenvalue weighted by molar-refractivity contribution is 0.656. The van der Waals surface area contributed by atoms with Crippen molar-refractivity contribution in [1.82, 2.24) is 0 Å². The molecule has 0 bridgehead atoms. The maximum atomic E-state index is 2.29. The molecule has 0 aromatic carbocycles. The van der Waals surface area contributed by atoms with Crippen molar-refractivity contribution in [1.29, 1.82) is 0 Å². The van der Waals surface area contributed by atoms with E-state index in [1.165, 1.54) is 36.5 Å². The SMILES string of the molecule is C.CCCCCCC.CCI.I. The Morgan fingerprint density at radius 1 is 0.833 bits per heavy atom. The van der Waals surface area contributed by atoms with E-state index in [4.69, 9.17) is 0 Å². The van der Waals surface area contributed by atoms with Gasteiger partial charge in [-0.15, -0.1) is 24.0 Å². The smallest absolute Gasteiger partial charge is 0.00332 e. The van der Waals surface area contributed by atoms with Crippen LogP contribution in [0.15, 0.2) is 0 Å². The van der Waals surface area contributed by atoms with Crippen LogP contribution in [0.1, 0.15) is 60.3 Å². The molecule has 0 fully saturated rings. The molecule has 0 heterocycles. The zero-order chi connectivity index (χ0) is 8.24. The number of hydrogen-bond acceptors (Lipinski definition) is 0. The summed E-state index contributed by atoms with van der Waals surface area (Å²) < 4.78 is 1.22. The van der Waals surface area contributed by atoms with Crippen molar-refractivity contribution in [3.05, 3.63) is 0 Å². The molecule has 0 atom stereocenters. The lowest BCUT2D eigenvalue weighted by Crippen LogP contribution is -1.70. The van der Waals surface area contributed by atoms with Crippen molar-refractivity contribution in [2.45, 2.75) is 60.3 Å². The Balaban J connectivity index is -0.0000000569. The molecule has 0 amide bonds. The van der Waals surface area contributed by atoms with Crippen molar-refractivity contribution >= 4 is 46.6 Å². The highest BCUT2D eigenvalue weighted by Gasteiger charge is 1.80. The quantitative estimate of drug-likeness (QED) is 0.324. The van der Waals surface area contributed by atoms with Gasteiger partial charge in [-0.1, -0.05) is 82.9 Å². The molecular weight excluding hydrogens is 374 g/mol. The fourth-order valence-electron chi connectivity index (χ4n) is 0.677. The van der Waals surface area contributed by atoms with E-state index in [0.717, 1.165) is 0 Å². The Morgan fingerprint density at radius 2 is 1.08 bits per heavy atom. The van der Waals surface area contributed by atoms with Gasteiger partial charge in [0.15, 0.2) is 0 Å². The summed E-state index contributed by atoms with van der Waals surface area (Å²) in [5.74, 6) is 0. The van der Waals surface area contributed by atoms with E-state index in [1.54, 1.807) is 0 Å². The van der Waals surface area contributed by atoms with Gasteiger partial charge in [0, 0.05) is 0 Å². The molecule has 0 saturated heterocycles. The van der Waals surface area contributed by atoms with Gasteiger partial charge in [0.05, 0.1) is 0 Å². The lowest BCUT2D eigenvalue weighted by atomic mass is 10.2. The minimum atomic E-state index is 0. The van der Waals surface area contributed by atoms with Crippen LogP contribution in [-0.4, -0.2) is 4.43 Å². The number of halogens is 2. The van der Waals surface area contributed by atoms with Crippen molar-refractivity contribution < 1.29 is 0 Å². The van der Waals surface area contributed by atoms with Gasteiger partial charge in [-0.2, -0.15) is 0 Å². The van der Waals surface area contributed by atoms with Crippen LogP contribution >= 0.6 is 46.6 Å². The van der Waals surface area contributed by atoms with E-state index < -0.39 is 0 Å². The standard InChI is InChI=1S/C7H16.C2H5I.CH4.HI/c1-3-5-7-6-4-2;1-2-3;;/h3-7H2,1-2H3;2H2,1H3;1H4;1H. The first-order valence-corrected chi connectivity index (χ1v) is 5.91. The van der Waals surface area contributed by atoms with Crippen LogP contribution in [0.25, 0.3) is 0 Å². The molecule has 0 aliphatic rings. The molecule has 80 valence electrons. The second kappa shape index (κ2) is 29.4. The van der Waals surface area contributed by atoms with Crippen LogP contribution in [0.3, 0.4) is 0 Å². The molecule has 0 aliphatic heterocycles. The molecule has 0 N–H and O–H groups in total. The summed E-state index contributed by atoms with van der Waals surface area (Å²) in [5.41, 5.74) is 0. The highest BCUT2D eigenvalue weighted by atomic mass is 127. The predicted molar refractivity (Wildman–Crippen MR) is 81.1 cm³/mol. The average Bonchev–Trinajstić information content (AvgIpc) is 1.91. The molecule has 2 heteroatoms. The van der Waals surface area contributed by atoms with Crippen LogP contribution in [-0.2, 0) is 0 Å². The van der Waals surface area contributed by atoms with E-state index in [1.807, 2.05) is 0 Å². The first kappa shape index (κ1) is 23.4. The third kappa shape index (κ3) is 42.1. The number of alkyl halides is 1. The lowest BCUT2D eigenvalue weighted by Gasteiger charge is -1.90. The summed E-state index contributed by atoms with van der Waals surface area (Å²) in [4.78, 5) is 0. The van der Waals surface area contributed by atoms with Gasteiger partial charge < -0.3 is 0 Å². The summed E-state index contributed by atoms with van der Waals surface area (Å²) in [7, 11) is 0. The Kier molecular flexibility index (Phi) is 57.2. The van der Waals surface area contributed by atoms with E-state index in [-0.39, 0.29) is 31.4 Å². The van der Waals surface area contributed by atoms with Crippen LogP contribution in [0.4, 0.5) is 0 Å². The second-order valence-corrected chi connectivity index (χ2v) is 3.85. The van der Waals surface area contributed by atoms with Crippen molar-refractivity contribution in [3.63, 3.8) is 0 Å². The highest BCUT2D eigenvalue weighted by Crippen LogP contribution is 2.00. The largest absolute Gasteiger partial charge is 0.107 e. The monoisotopic (exact) mass is 400 g/mol. The zero-order valence-electron chi connectivity index (χ0n) is 8.03. The molecule has 0 nitrogen and oxygen atoms in total. The van der Waals surface area contributed by atoms with E-state index >= 15 is 0 Å². The summed E-state index contributed by atoms with van der Waals surface area (Å²) >= 11 is 2.29. The maximum absolute atomic E-state index is 2.29. The molecule has 12 heavy (non-hydrogen) atoms. The summed E-state index contributed by atoms with van der Waals surface area (Å²) in [6.07, 6.45) is 7.01. The molecule has 0 unspecified atom stereocenters. The van der Waals surface area contributed by atoms with Gasteiger partial charge >= 0.3 is 0 Å². The van der Waals surface area contributed by atoms with Crippen LogP contribution < -0.4 is 0 Å². The van der Waals surface area contributed by atoms with Crippen LogP contribution in [0.5, 0.6) is 0 Å². The summed E-state index contributed by atoms with van der Waals surface area (Å²) in [5, 5.41) is 0. The maximum Gasteiger partial charge on any atom is -0.00332 e. The van der Waals surface area contributed by atoms with Gasteiger partial charge in [0.2, 0.25) is 0 Å². The summed E-state index contributed by atoms with van der Waals surface area (Å²) in [6, 6.07) is 0. The Labute approximate surface area is 110 Å². The molecule has 0 aromatic rings. The van der Waals surface area contributed by atoms with E-state index in [2.05, 4.69) is 43.4 Å². The van der Waals surface area contributed by atoms with Gasteiger partial charge in [-0.25, -0.2) is 0 Å². The first-order valence-electron chi connectivity index (χ1n) is 4.39. The molecule has 0 spiro atoms. The second-order valence-electron chi connectivity index (χ2n) is 2.33. The normalized spacial score (nSPS) is 7.00. The van der Waals surface area contributed by atoms with Crippen molar-refractivity contribution in [3.8, 4) is 0 Å². The van der Waals surface area contributed by atoms with Gasteiger partial charge in [0.25, 0.3) is 0 Å². The number of rotatable bonds is 4. The van der Waals surface area contributed by atoms with Gasteiger partial charge in [-0.3, -0.25) is 0 Å². The summed E-state index contributed by atoms with van der Waals surface area (Å²) in [6.45, 7) is 6.60. The number of unbranched alkanes of at least 4 members (excludes halogenated alkanes) is 4. The Bertz CT molecular complexity index is 34.8. The first-order chi connectivity index (χ1) is 4.83. The van der Waals surface area contributed by atoms with E-state index in [0.29, 0.717) is 0 Å².